The van der Waals surface area contributed by atoms with Gasteiger partial charge in [0.1, 0.15) is 3.70 Å². The summed E-state index contributed by atoms with van der Waals surface area (Å²) in [7, 11) is 0. The Hall–Kier alpha value is -0.620. The van der Waals surface area contributed by atoms with Crippen molar-refractivity contribution in [3.63, 3.8) is 0 Å². The Labute approximate surface area is 120 Å². The van der Waals surface area contributed by atoms with Crippen molar-refractivity contribution in [3.05, 3.63) is 27.5 Å². The van der Waals surface area contributed by atoms with Gasteiger partial charge in [-0.2, -0.15) is 5.10 Å². The Balaban J connectivity index is 2.15. The lowest BCUT2D eigenvalue weighted by Crippen LogP contribution is -2.18. The summed E-state index contributed by atoms with van der Waals surface area (Å²) in [5.74, 6) is 0. The Morgan fingerprint density at radius 2 is 2.11 bits per heavy atom. The first kappa shape index (κ1) is 12.4. The van der Waals surface area contributed by atoms with Gasteiger partial charge in [0.05, 0.1) is 17.2 Å². The maximum atomic E-state index is 10.1. The summed E-state index contributed by atoms with van der Waals surface area (Å²) in [6.07, 6.45) is 3.78. The molecule has 0 bridgehead atoms. The highest BCUT2D eigenvalue weighted by molar-refractivity contribution is 14.1. The third-order valence-electron chi connectivity index (χ3n) is 3.79. The highest BCUT2D eigenvalue weighted by Crippen LogP contribution is 2.35. The Bertz CT molecular complexity index is 594. The minimum absolute atomic E-state index is 0.573. The summed E-state index contributed by atoms with van der Waals surface area (Å²) >= 11 is 2.28. The van der Waals surface area contributed by atoms with Crippen LogP contribution in [0.5, 0.6) is 0 Å². The molecular weight excluding hydrogens is 339 g/mol. The van der Waals surface area contributed by atoms with Crippen molar-refractivity contribution >= 4 is 33.5 Å². The van der Waals surface area contributed by atoms with Crippen LogP contribution in [-0.2, 0) is 5.60 Å². The highest BCUT2D eigenvalue weighted by atomic mass is 127. The van der Waals surface area contributed by atoms with Gasteiger partial charge in [0.25, 0.3) is 0 Å². The van der Waals surface area contributed by atoms with Crippen molar-refractivity contribution in [1.82, 2.24) is 9.78 Å². The lowest BCUT2D eigenvalue weighted by Gasteiger charge is -2.26. The van der Waals surface area contributed by atoms with E-state index in [4.69, 9.17) is 0 Å². The van der Waals surface area contributed by atoms with E-state index < -0.39 is 5.60 Å². The van der Waals surface area contributed by atoms with Crippen LogP contribution in [0.1, 0.15) is 44.7 Å². The molecule has 1 N–H and O–H groups in total. The minimum atomic E-state index is -0.796. The second-order valence-corrected chi connectivity index (χ2v) is 6.63. The predicted molar refractivity (Wildman–Crippen MR) is 80.6 cm³/mol. The fourth-order valence-electron chi connectivity index (χ4n) is 2.39. The van der Waals surface area contributed by atoms with Crippen molar-refractivity contribution in [2.45, 2.75) is 44.8 Å². The maximum Gasteiger partial charge on any atom is 0.131 e. The van der Waals surface area contributed by atoms with E-state index in [2.05, 4.69) is 44.5 Å². The fraction of sp³-hybridized carbons (Fsp3) is 0.500. The minimum Gasteiger partial charge on any atom is -0.386 e. The van der Waals surface area contributed by atoms with E-state index in [1.807, 2.05) is 19.9 Å². The summed E-state index contributed by atoms with van der Waals surface area (Å²) < 4.78 is 3.19. The van der Waals surface area contributed by atoms with E-state index in [1.165, 1.54) is 24.8 Å². The molecule has 4 heteroatoms. The molecule has 0 unspecified atom stereocenters. The van der Waals surface area contributed by atoms with Crippen LogP contribution < -0.4 is 0 Å². The molecule has 1 aromatic carbocycles. The number of rotatable bonds is 2. The third kappa shape index (κ3) is 1.95. The first-order chi connectivity index (χ1) is 8.47. The van der Waals surface area contributed by atoms with Gasteiger partial charge >= 0.3 is 0 Å². The molecule has 18 heavy (non-hydrogen) atoms. The number of hydrogen-bond acceptors (Lipinski definition) is 2. The second kappa shape index (κ2) is 4.20. The van der Waals surface area contributed by atoms with Crippen molar-refractivity contribution in [2.75, 3.05) is 0 Å². The van der Waals surface area contributed by atoms with Crippen molar-refractivity contribution in [3.8, 4) is 0 Å². The van der Waals surface area contributed by atoms with Crippen molar-refractivity contribution in [2.24, 2.45) is 0 Å². The Morgan fingerprint density at radius 1 is 1.39 bits per heavy atom. The van der Waals surface area contributed by atoms with Crippen molar-refractivity contribution in [1.29, 1.82) is 0 Å². The van der Waals surface area contributed by atoms with Gasteiger partial charge in [-0.1, -0.05) is 6.07 Å². The van der Waals surface area contributed by atoms with Crippen LogP contribution >= 0.6 is 22.6 Å². The zero-order valence-electron chi connectivity index (χ0n) is 10.7. The number of halogens is 1. The second-order valence-electron chi connectivity index (χ2n) is 5.61. The summed E-state index contributed by atoms with van der Waals surface area (Å²) in [4.78, 5) is 0. The molecule has 0 spiro atoms. The molecule has 0 saturated heterocycles. The zero-order valence-corrected chi connectivity index (χ0v) is 12.8. The molecule has 1 saturated carbocycles. The molecule has 1 aliphatic rings. The smallest absolute Gasteiger partial charge is 0.131 e. The van der Waals surface area contributed by atoms with Gasteiger partial charge < -0.3 is 5.11 Å². The SMILES string of the molecule is CC(C)(O)c1ccc2c(c1)c(I)nn2C1CCC1. The predicted octanol–water partition coefficient (Wildman–Crippen LogP) is 3.59. The largest absolute Gasteiger partial charge is 0.386 e. The molecule has 1 aromatic heterocycles. The molecule has 0 amide bonds. The molecule has 1 fully saturated rings. The highest BCUT2D eigenvalue weighted by Gasteiger charge is 2.24. The summed E-state index contributed by atoms with van der Waals surface area (Å²) in [5.41, 5.74) is 1.34. The first-order valence-corrected chi connectivity index (χ1v) is 7.45. The third-order valence-corrected chi connectivity index (χ3v) is 4.59. The van der Waals surface area contributed by atoms with Gasteiger partial charge in [-0.3, -0.25) is 4.68 Å². The average Bonchev–Trinajstić information content (AvgIpc) is 2.53. The number of nitrogens with zero attached hydrogens (tertiary/aromatic N) is 2. The quantitative estimate of drug-likeness (QED) is 0.836. The molecule has 0 atom stereocenters. The van der Waals surface area contributed by atoms with Gasteiger partial charge in [0, 0.05) is 5.39 Å². The topological polar surface area (TPSA) is 38.1 Å². The van der Waals surface area contributed by atoms with Crippen LogP contribution in [0.15, 0.2) is 18.2 Å². The van der Waals surface area contributed by atoms with Gasteiger partial charge in [0.2, 0.25) is 0 Å². The van der Waals surface area contributed by atoms with E-state index in [9.17, 15) is 5.11 Å². The van der Waals surface area contributed by atoms with E-state index in [0.29, 0.717) is 6.04 Å². The van der Waals surface area contributed by atoms with Gasteiger partial charge in [-0.15, -0.1) is 0 Å². The number of hydrogen-bond donors (Lipinski definition) is 1. The van der Waals surface area contributed by atoms with Crippen LogP contribution in [-0.4, -0.2) is 14.9 Å². The molecule has 1 aliphatic carbocycles. The number of aromatic nitrogens is 2. The molecule has 0 radical (unpaired) electrons. The standard InChI is InChI=1S/C14H17IN2O/c1-14(2,18)9-6-7-12-11(8-9)13(15)16-17(12)10-4-3-5-10/h6-8,10,18H,3-5H2,1-2H3. The Morgan fingerprint density at radius 3 is 2.67 bits per heavy atom. The maximum absolute atomic E-state index is 10.1. The van der Waals surface area contributed by atoms with E-state index in [-0.39, 0.29) is 0 Å². The van der Waals surface area contributed by atoms with E-state index in [1.54, 1.807) is 0 Å². The summed E-state index contributed by atoms with van der Waals surface area (Å²) in [6, 6.07) is 6.74. The lowest BCUT2D eigenvalue weighted by atomic mass is 9.93. The molecular formula is C14H17IN2O. The molecule has 3 rings (SSSR count). The van der Waals surface area contributed by atoms with Crippen LogP contribution in [0, 0.1) is 3.70 Å². The molecule has 2 aromatic rings. The Kier molecular flexibility index (Phi) is 2.90. The van der Waals surface area contributed by atoms with Gasteiger partial charge in [-0.25, -0.2) is 0 Å². The van der Waals surface area contributed by atoms with Gasteiger partial charge in [-0.05, 0) is 73.4 Å². The molecule has 96 valence electrons. The van der Waals surface area contributed by atoms with Gasteiger partial charge in [0.15, 0.2) is 0 Å². The normalized spacial score (nSPS) is 17.1. The fourth-order valence-corrected chi connectivity index (χ4v) is 3.06. The van der Waals surface area contributed by atoms with Crippen molar-refractivity contribution < 1.29 is 5.11 Å². The summed E-state index contributed by atoms with van der Waals surface area (Å²) in [5, 5.41) is 15.9. The molecule has 0 aliphatic heterocycles. The van der Waals surface area contributed by atoms with Crippen LogP contribution in [0.3, 0.4) is 0 Å². The number of aliphatic hydroxyl groups is 1. The van der Waals surface area contributed by atoms with E-state index >= 15 is 0 Å². The summed E-state index contributed by atoms with van der Waals surface area (Å²) in [6.45, 7) is 3.63. The number of fused-ring (bicyclic) bond motifs is 1. The lowest BCUT2D eigenvalue weighted by molar-refractivity contribution is 0.0787. The molecule has 1 heterocycles. The van der Waals surface area contributed by atoms with Crippen LogP contribution in [0.25, 0.3) is 10.9 Å². The van der Waals surface area contributed by atoms with Crippen LogP contribution in [0.2, 0.25) is 0 Å². The number of benzene rings is 1. The first-order valence-electron chi connectivity index (χ1n) is 6.37. The average molecular weight is 356 g/mol. The zero-order chi connectivity index (χ0) is 12.9. The monoisotopic (exact) mass is 356 g/mol. The molecule has 3 nitrogen and oxygen atoms in total. The van der Waals surface area contributed by atoms with E-state index in [0.717, 1.165) is 14.7 Å². The van der Waals surface area contributed by atoms with Crippen LogP contribution in [0.4, 0.5) is 0 Å².